The molecule has 1 aromatic heterocycles. The fourth-order valence-corrected chi connectivity index (χ4v) is 3.76. The van der Waals surface area contributed by atoms with Gasteiger partial charge in [0.1, 0.15) is 5.82 Å². The number of anilines is 1. The topological polar surface area (TPSA) is 48.1 Å². The van der Waals surface area contributed by atoms with E-state index in [0.717, 1.165) is 30.2 Å². The Morgan fingerprint density at radius 2 is 2.04 bits per heavy atom. The van der Waals surface area contributed by atoms with E-state index in [9.17, 15) is 9.18 Å². The lowest BCUT2D eigenvalue weighted by atomic mass is 9.91. The Labute approximate surface area is 152 Å². The van der Waals surface area contributed by atoms with Crippen molar-refractivity contribution in [2.45, 2.75) is 25.3 Å². The van der Waals surface area contributed by atoms with Gasteiger partial charge in [-0.1, -0.05) is 12.1 Å². The van der Waals surface area contributed by atoms with Crippen LogP contribution in [0.2, 0.25) is 0 Å². The van der Waals surface area contributed by atoms with Crippen LogP contribution in [0.3, 0.4) is 0 Å². The van der Waals surface area contributed by atoms with Gasteiger partial charge in [-0.3, -0.25) is 4.79 Å². The van der Waals surface area contributed by atoms with Crippen LogP contribution in [0, 0.1) is 5.82 Å². The van der Waals surface area contributed by atoms with Crippen LogP contribution in [0.4, 0.5) is 10.1 Å². The van der Waals surface area contributed by atoms with Crippen molar-refractivity contribution in [3.8, 4) is 0 Å². The Hall–Kier alpha value is -2.66. The number of amides is 1. The SMILES string of the molecule is CN(C)C1CCc2[nH]c3ccc(NC(=O)c4ccccc4F)cc3c2C1. The summed E-state index contributed by atoms with van der Waals surface area (Å²) >= 11 is 0. The van der Waals surface area contributed by atoms with Crippen LogP contribution < -0.4 is 5.32 Å². The molecule has 4 rings (SSSR count). The van der Waals surface area contributed by atoms with Crippen molar-refractivity contribution in [2.75, 3.05) is 19.4 Å². The molecule has 3 aromatic rings. The standard InChI is InChI=1S/C21H22FN3O/c1-25(2)14-8-10-20-17(12-14)16-11-13(7-9-19(16)24-20)23-21(26)15-5-3-4-6-18(15)22/h3-7,9,11,14,24H,8,10,12H2,1-2H3,(H,23,26). The number of hydrogen-bond acceptors (Lipinski definition) is 2. The summed E-state index contributed by atoms with van der Waals surface area (Å²) in [7, 11) is 4.23. The number of rotatable bonds is 3. The summed E-state index contributed by atoms with van der Waals surface area (Å²) < 4.78 is 13.8. The Kier molecular flexibility index (Phi) is 4.24. The van der Waals surface area contributed by atoms with E-state index in [4.69, 9.17) is 0 Å². The fraction of sp³-hybridized carbons (Fsp3) is 0.286. The van der Waals surface area contributed by atoms with Gasteiger partial charge < -0.3 is 15.2 Å². The number of H-pyrrole nitrogens is 1. The van der Waals surface area contributed by atoms with E-state index >= 15 is 0 Å². The lowest BCUT2D eigenvalue weighted by Gasteiger charge is -2.28. The monoisotopic (exact) mass is 351 g/mol. The Balaban J connectivity index is 1.65. The molecule has 0 saturated carbocycles. The fourth-order valence-electron chi connectivity index (χ4n) is 3.76. The molecule has 1 amide bonds. The van der Waals surface area contributed by atoms with E-state index in [0.29, 0.717) is 11.7 Å². The maximum atomic E-state index is 13.8. The minimum absolute atomic E-state index is 0.0522. The molecular weight excluding hydrogens is 329 g/mol. The first kappa shape index (κ1) is 16.8. The lowest BCUT2D eigenvalue weighted by molar-refractivity contribution is 0.102. The number of hydrogen-bond donors (Lipinski definition) is 2. The Morgan fingerprint density at radius 1 is 1.23 bits per heavy atom. The number of nitrogens with zero attached hydrogens (tertiary/aromatic N) is 1. The number of nitrogens with one attached hydrogen (secondary N) is 2. The van der Waals surface area contributed by atoms with Gasteiger partial charge >= 0.3 is 0 Å². The van der Waals surface area contributed by atoms with Crippen LogP contribution in [0.5, 0.6) is 0 Å². The van der Waals surface area contributed by atoms with Gasteiger partial charge in [0, 0.05) is 28.3 Å². The number of benzene rings is 2. The highest BCUT2D eigenvalue weighted by Gasteiger charge is 2.24. The molecule has 2 aromatic carbocycles. The zero-order chi connectivity index (χ0) is 18.3. The molecule has 0 saturated heterocycles. The second-order valence-electron chi connectivity index (χ2n) is 7.14. The average Bonchev–Trinajstić information content (AvgIpc) is 2.99. The van der Waals surface area contributed by atoms with Crippen LogP contribution in [0.1, 0.15) is 28.0 Å². The molecule has 5 heteroatoms. The molecule has 1 unspecified atom stereocenters. The number of fused-ring (bicyclic) bond motifs is 3. The maximum Gasteiger partial charge on any atom is 0.258 e. The average molecular weight is 351 g/mol. The molecule has 1 aliphatic rings. The molecule has 1 heterocycles. The van der Waals surface area contributed by atoms with Crippen molar-refractivity contribution < 1.29 is 9.18 Å². The van der Waals surface area contributed by atoms with Crippen molar-refractivity contribution >= 4 is 22.5 Å². The highest BCUT2D eigenvalue weighted by atomic mass is 19.1. The van der Waals surface area contributed by atoms with Gasteiger partial charge in [0.15, 0.2) is 0 Å². The van der Waals surface area contributed by atoms with Crippen LogP contribution in [0.25, 0.3) is 10.9 Å². The van der Waals surface area contributed by atoms with Gasteiger partial charge in [-0.05, 0) is 69.3 Å². The second-order valence-corrected chi connectivity index (χ2v) is 7.14. The van der Waals surface area contributed by atoms with Crippen LogP contribution in [-0.2, 0) is 12.8 Å². The molecule has 2 N–H and O–H groups in total. The molecule has 0 spiro atoms. The highest BCUT2D eigenvalue weighted by Crippen LogP contribution is 2.32. The van der Waals surface area contributed by atoms with E-state index < -0.39 is 11.7 Å². The first-order chi connectivity index (χ1) is 12.5. The number of likely N-dealkylation sites (N-methyl/N-ethyl adjacent to an activating group) is 1. The van der Waals surface area contributed by atoms with Gasteiger partial charge in [0.05, 0.1) is 5.56 Å². The summed E-state index contributed by atoms with van der Waals surface area (Å²) in [5.41, 5.74) is 4.43. The normalized spacial score (nSPS) is 16.7. The summed E-state index contributed by atoms with van der Waals surface area (Å²) in [6.45, 7) is 0. The van der Waals surface area contributed by atoms with Crippen molar-refractivity contribution in [3.05, 3.63) is 65.1 Å². The summed E-state index contributed by atoms with van der Waals surface area (Å²) in [5.74, 6) is -0.947. The van der Waals surface area contributed by atoms with Crippen LogP contribution in [-0.4, -0.2) is 35.9 Å². The largest absolute Gasteiger partial charge is 0.358 e. The molecule has 0 aliphatic heterocycles. The van der Waals surface area contributed by atoms with Gasteiger partial charge in [0.2, 0.25) is 0 Å². The number of aryl methyl sites for hydroxylation is 1. The summed E-state index contributed by atoms with van der Waals surface area (Å²) in [5, 5.41) is 3.96. The zero-order valence-electron chi connectivity index (χ0n) is 15.0. The van der Waals surface area contributed by atoms with E-state index in [2.05, 4.69) is 29.3 Å². The van der Waals surface area contributed by atoms with Crippen LogP contribution >= 0.6 is 0 Å². The van der Waals surface area contributed by atoms with Crippen molar-refractivity contribution in [1.82, 2.24) is 9.88 Å². The minimum atomic E-state index is -0.515. The molecule has 1 atom stereocenters. The van der Waals surface area contributed by atoms with Crippen molar-refractivity contribution in [3.63, 3.8) is 0 Å². The zero-order valence-corrected chi connectivity index (χ0v) is 15.0. The molecule has 0 fully saturated rings. The van der Waals surface area contributed by atoms with Gasteiger partial charge in [-0.2, -0.15) is 0 Å². The third-order valence-electron chi connectivity index (χ3n) is 5.27. The molecule has 4 nitrogen and oxygen atoms in total. The molecule has 1 aliphatic carbocycles. The maximum absolute atomic E-state index is 13.8. The Bertz CT molecular complexity index is 977. The quantitative estimate of drug-likeness (QED) is 0.750. The van der Waals surface area contributed by atoms with E-state index in [-0.39, 0.29) is 5.56 Å². The predicted molar refractivity (Wildman–Crippen MR) is 102 cm³/mol. The van der Waals surface area contributed by atoms with Gasteiger partial charge in [-0.25, -0.2) is 4.39 Å². The second kappa shape index (κ2) is 6.57. The van der Waals surface area contributed by atoms with Crippen molar-refractivity contribution in [1.29, 1.82) is 0 Å². The molecule has 26 heavy (non-hydrogen) atoms. The summed E-state index contributed by atoms with van der Waals surface area (Å²) in [4.78, 5) is 18.1. The minimum Gasteiger partial charge on any atom is -0.358 e. The number of halogens is 1. The number of aromatic amines is 1. The van der Waals surface area contributed by atoms with Crippen molar-refractivity contribution in [2.24, 2.45) is 0 Å². The molecule has 0 radical (unpaired) electrons. The third kappa shape index (κ3) is 2.99. The number of aromatic nitrogens is 1. The van der Waals surface area contributed by atoms with Gasteiger partial charge in [-0.15, -0.1) is 0 Å². The number of carbonyl (C=O) groups excluding carboxylic acids is 1. The number of carbonyl (C=O) groups is 1. The summed E-state index contributed by atoms with van der Waals surface area (Å²) in [6, 6.07) is 12.4. The van der Waals surface area contributed by atoms with E-state index in [1.54, 1.807) is 12.1 Å². The third-order valence-corrected chi connectivity index (χ3v) is 5.27. The molecule has 0 bridgehead atoms. The van der Waals surface area contributed by atoms with Gasteiger partial charge in [0.25, 0.3) is 5.91 Å². The lowest BCUT2D eigenvalue weighted by Crippen LogP contribution is -2.33. The van der Waals surface area contributed by atoms with E-state index in [1.165, 1.54) is 23.4 Å². The molecule has 134 valence electrons. The smallest absolute Gasteiger partial charge is 0.258 e. The Morgan fingerprint density at radius 3 is 2.81 bits per heavy atom. The molecular formula is C21H22FN3O. The highest BCUT2D eigenvalue weighted by molar-refractivity contribution is 6.05. The first-order valence-corrected chi connectivity index (χ1v) is 8.88. The summed E-state index contributed by atoms with van der Waals surface area (Å²) in [6.07, 6.45) is 3.17. The first-order valence-electron chi connectivity index (χ1n) is 8.88. The predicted octanol–water partition coefficient (Wildman–Crippen LogP) is 3.98. The van der Waals surface area contributed by atoms with E-state index in [1.807, 2.05) is 18.2 Å². The van der Waals surface area contributed by atoms with Crippen LogP contribution in [0.15, 0.2) is 42.5 Å².